The molecule has 106 valence electrons. The fourth-order valence-corrected chi connectivity index (χ4v) is 2.01. The first kappa shape index (κ1) is 14.2. The van der Waals surface area contributed by atoms with Crippen LogP contribution in [-0.2, 0) is 4.79 Å². The van der Waals surface area contributed by atoms with E-state index < -0.39 is 6.10 Å². The molecule has 2 rings (SSSR count). The van der Waals surface area contributed by atoms with E-state index in [0.717, 1.165) is 4.90 Å². The average Bonchev–Trinajstić information content (AvgIpc) is 2.67. The molecule has 1 aromatic rings. The Balaban J connectivity index is 1.94. The van der Waals surface area contributed by atoms with E-state index in [-0.39, 0.29) is 37.2 Å². The van der Waals surface area contributed by atoms with E-state index in [1.54, 1.807) is 31.2 Å². The van der Waals surface area contributed by atoms with Crippen LogP contribution in [0.25, 0.3) is 0 Å². The van der Waals surface area contributed by atoms with Crippen molar-refractivity contribution in [3.63, 3.8) is 0 Å². The number of nitrogens with zero attached hydrogens (tertiary/aromatic N) is 1. The van der Waals surface area contributed by atoms with Crippen molar-refractivity contribution in [2.45, 2.75) is 19.4 Å². The van der Waals surface area contributed by atoms with E-state index in [1.807, 2.05) is 0 Å². The fourth-order valence-electron chi connectivity index (χ4n) is 2.01. The molecule has 1 aliphatic heterocycles. The molecule has 6 heteroatoms. The van der Waals surface area contributed by atoms with Crippen LogP contribution >= 0.6 is 0 Å². The highest BCUT2D eigenvalue weighted by molar-refractivity contribution is 6.21. The van der Waals surface area contributed by atoms with Gasteiger partial charge in [0.25, 0.3) is 11.8 Å². The maximum Gasteiger partial charge on any atom is 0.261 e. The second-order valence-electron chi connectivity index (χ2n) is 4.71. The minimum absolute atomic E-state index is 0.0260. The molecule has 1 aliphatic rings. The summed E-state index contributed by atoms with van der Waals surface area (Å²) in [5.74, 6) is -1.04. The lowest BCUT2D eigenvalue weighted by atomic mass is 10.1. The Bertz CT molecular complexity index is 519. The summed E-state index contributed by atoms with van der Waals surface area (Å²) in [6.07, 6.45) is -0.601. The van der Waals surface area contributed by atoms with Crippen LogP contribution in [0.1, 0.15) is 34.1 Å². The highest BCUT2D eigenvalue weighted by atomic mass is 16.3. The summed E-state index contributed by atoms with van der Waals surface area (Å²) in [7, 11) is 0. The van der Waals surface area contributed by atoms with Crippen LogP contribution in [0.2, 0.25) is 0 Å². The first-order valence-electron chi connectivity index (χ1n) is 6.40. The molecular weight excluding hydrogens is 260 g/mol. The maximum absolute atomic E-state index is 12.0. The Morgan fingerprint density at radius 2 is 1.80 bits per heavy atom. The number of hydrogen-bond donors (Lipinski definition) is 2. The number of benzene rings is 1. The van der Waals surface area contributed by atoms with E-state index in [1.165, 1.54) is 0 Å². The van der Waals surface area contributed by atoms with Crippen molar-refractivity contribution in [1.29, 1.82) is 0 Å². The third-order valence-corrected chi connectivity index (χ3v) is 3.04. The number of aliphatic hydroxyl groups excluding tert-OH is 1. The van der Waals surface area contributed by atoms with Gasteiger partial charge in [-0.05, 0) is 19.1 Å². The van der Waals surface area contributed by atoms with Gasteiger partial charge in [0.2, 0.25) is 5.91 Å². The van der Waals surface area contributed by atoms with Gasteiger partial charge in [-0.1, -0.05) is 12.1 Å². The average molecular weight is 276 g/mol. The molecule has 1 atom stereocenters. The van der Waals surface area contributed by atoms with E-state index in [4.69, 9.17) is 5.11 Å². The monoisotopic (exact) mass is 276 g/mol. The number of aliphatic hydroxyl groups is 1. The van der Waals surface area contributed by atoms with Crippen LogP contribution in [0.4, 0.5) is 0 Å². The van der Waals surface area contributed by atoms with Gasteiger partial charge in [0.15, 0.2) is 0 Å². The fraction of sp³-hybridized carbons (Fsp3) is 0.357. The van der Waals surface area contributed by atoms with Crippen molar-refractivity contribution in [2.75, 3.05) is 13.1 Å². The molecule has 3 amide bonds. The second-order valence-corrected chi connectivity index (χ2v) is 4.71. The number of carbonyl (C=O) groups excluding carboxylic acids is 3. The Morgan fingerprint density at radius 1 is 1.25 bits per heavy atom. The van der Waals surface area contributed by atoms with Crippen molar-refractivity contribution < 1.29 is 19.5 Å². The van der Waals surface area contributed by atoms with Crippen molar-refractivity contribution in [3.05, 3.63) is 35.4 Å². The maximum atomic E-state index is 12.0. The zero-order valence-electron chi connectivity index (χ0n) is 11.1. The molecule has 0 spiro atoms. The molecule has 0 fully saturated rings. The topological polar surface area (TPSA) is 86.7 Å². The Kier molecular flexibility index (Phi) is 4.14. The van der Waals surface area contributed by atoms with Gasteiger partial charge in [0.05, 0.1) is 17.2 Å². The van der Waals surface area contributed by atoms with Gasteiger partial charge in [-0.2, -0.15) is 0 Å². The van der Waals surface area contributed by atoms with Gasteiger partial charge in [0.1, 0.15) is 0 Å². The van der Waals surface area contributed by atoms with Crippen molar-refractivity contribution in [2.24, 2.45) is 0 Å². The third-order valence-electron chi connectivity index (χ3n) is 3.04. The molecule has 0 saturated carbocycles. The SMILES string of the molecule is CC(O)CNC(=O)CCN1C(=O)c2ccccc2C1=O. The smallest absolute Gasteiger partial charge is 0.261 e. The van der Waals surface area contributed by atoms with Gasteiger partial charge in [-0.15, -0.1) is 0 Å². The van der Waals surface area contributed by atoms with E-state index in [2.05, 4.69) is 5.32 Å². The quantitative estimate of drug-likeness (QED) is 0.751. The lowest BCUT2D eigenvalue weighted by molar-refractivity contribution is -0.121. The van der Waals surface area contributed by atoms with Gasteiger partial charge < -0.3 is 10.4 Å². The number of imide groups is 1. The predicted octanol–water partition coefficient (Wildman–Crippen LogP) is 0.170. The summed E-state index contributed by atoms with van der Waals surface area (Å²) >= 11 is 0. The summed E-state index contributed by atoms with van der Waals surface area (Å²) in [4.78, 5) is 36.6. The normalized spacial score (nSPS) is 15.2. The zero-order chi connectivity index (χ0) is 14.7. The minimum Gasteiger partial charge on any atom is -0.392 e. The van der Waals surface area contributed by atoms with Gasteiger partial charge in [-0.25, -0.2) is 0 Å². The van der Waals surface area contributed by atoms with Crippen LogP contribution in [0, 0.1) is 0 Å². The van der Waals surface area contributed by atoms with Crippen molar-refractivity contribution in [1.82, 2.24) is 10.2 Å². The van der Waals surface area contributed by atoms with E-state index >= 15 is 0 Å². The number of rotatable bonds is 5. The number of nitrogens with one attached hydrogen (secondary N) is 1. The highest BCUT2D eigenvalue weighted by Gasteiger charge is 2.34. The summed E-state index contributed by atoms with van der Waals surface area (Å²) in [5, 5.41) is 11.6. The summed E-state index contributed by atoms with van der Waals surface area (Å²) in [5.41, 5.74) is 0.753. The molecule has 20 heavy (non-hydrogen) atoms. The molecule has 0 aromatic heterocycles. The molecule has 0 bridgehead atoms. The molecule has 0 radical (unpaired) electrons. The summed E-state index contributed by atoms with van der Waals surface area (Å²) in [6, 6.07) is 6.60. The van der Waals surface area contributed by atoms with Gasteiger partial charge in [0, 0.05) is 19.5 Å². The van der Waals surface area contributed by atoms with Gasteiger partial charge in [-0.3, -0.25) is 19.3 Å². The Labute approximate surface area is 116 Å². The molecule has 1 heterocycles. The third kappa shape index (κ3) is 2.85. The minimum atomic E-state index is -0.627. The van der Waals surface area contributed by atoms with Crippen molar-refractivity contribution in [3.8, 4) is 0 Å². The van der Waals surface area contributed by atoms with Crippen molar-refractivity contribution >= 4 is 17.7 Å². The molecule has 0 saturated heterocycles. The number of amides is 3. The summed E-state index contributed by atoms with van der Waals surface area (Å²) < 4.78 is 0. The molecule has 1 unspecified atom stereocenters. The van der Waals surface area contributed by atoms with E-state index in [9.17, 15) is 14.4 Å². The summed E-state index contributed by atoms with van der Waals surface area (Å²) in [6.45, 7) is 1.75. The van der Waals surface area contributed by atoms with Gasteiger partial charge >= 0.3 is 0 Å². The lowest BCUT2D eigenvalue weighted by Crippen LogP contribution is -2.36. The number of hydrogen-bond acceptors (Lipinski definition) is 4. The van der Waals surface area contributed by atoms with Crippen LogP contribution in [0.15, 0.2) is 24.3 Å². The van der Waals surface area contributed by atoms with Crippen LogP contribution < -0.4 is 5.32 Å². The zero-order valence-corrected chi connectivity index (χ0v) is 11.1. The predicted molar refractivity (Wildman–Crippen MR) is 71.1 cm³/mol. The number of carbonyl (C=O) groups is 3. The first-order chi connectivity index (χ1) is 9.50. The van der Waals surface area contributed by atoms with Crippen LogP contribution in [-0.4, -0.2) is 46.9 Å². The molecule has 1 aromatic carbocycles. The molecule has 2 N–H and O–H groups in total. The highest BCUT2D eigenvalue weighted by Crippen LogP contribution is 2.22. The molecular formula is C14H16N2O4. The van der Waals surface area contributed by atoms with Crippen LogP contribution in [0.3, 0.4) is 0 Å². The van der Waals surface area contributed by atoms with Crippen LogP contribution in [0.5, 0.6) is 0 Å². The standard InChI is InChI=1S/C14H16N2O4/c1-9(17)8-15-12(18)6-7-16-13(19)10-4-2-3-5-11(10)14(16)20/h2-5,9,17H,6-8H2,1H3,(H,15,18). The Hall–Kier alpha value is -2.21. The first-order valence-corrected chi connectivity index (χ1v) is 6.40. The largest absolute Gasteiger partial charge is 0.392 e. The molecule has 6 nitrogen and oxygen atoms in total. The number of fused-ring (bicyclic) bond motifs is 1. The second kappa shape index (κ2) is 5.83. The Morgan fingerprint density at radius 3 is 2.30 bits per heavy atom. The lowest BCUT2D eigenvalue weighted by Gasteiger charge is -2.13. The van der Waals surface area contributed by atoms with E-state index in [0.29, 0.717) is 11.1 Å². The molecule has 0 aliphatic carbocycles.